The molecule has 0 fully saturated rings. The second-order valence-electron chi connectivity index (χ2n) is 6.26. The summed E-state index contributed by atoms with van der Waals surface area (Å²) >= 11 is 1.70. The average Bonchev–Trinajstić information content (AvgIpc) is 3.05. The van der Waals surface area contributed by atoms with Crippen LogP contribution in [0.5, 0.6) is 0 Å². The molecule has 3 rings (SSSR count). The second-order valence-corrected chi connectivity index (χ2v) is 9.02. The topological polar surface area (TPSA) is 75.3 Å². The van der Waals surface area contributed by atoms with Crippen molar-refractivity contribution in [2.75, 3.05) is 17.0 Å². The van der Waals surface area contributed by atoms with Gasteiger partial charge in [0.1, 0.15) is 0 Å². The van der Waals surface area contributed by atoms with E-state index in [0.29, 0.717) is 24.2 Å². The summed E-state index contributed by atoms with van der Waals surface area (Å²) in [6, 6.07) is 14.8. The van der Waals surface area contributed by atoms with Gasteiger partial charge in [0.15, 0.2) is 0 Å². The fourth-order valence-corrected chi connectivity index (χ4v) is 4.99. The number of hydrogen-bond donors (Lipinski definition) is 2. The Morgan fingerprint density at radius 1 is 1.11 bits per heavy atom. The van der Waals surface area contributed by atoms with E-state index in [-0.39, 0.29) is 11.7 Å². The molecule has 0 saturated carbocycles. The second kappa shape index (κ2) is 8.54. The van der Waals surface area contributed by atoms with Gasteiger partial charge in [-0.05, 0) is 53.4 Å². The van der Waals surface area contributed by atoms with Crippen molar-refractivity contribution in [1.82, 2.24) is 5.32 Å². The van der Waals surface area contributed by atoms with Gasteiger partial charge in [-0.15, -0.1) is 11.3 Å². The van der Waals surface area contributed by atoms with E-state index in [2.05, 4.69) is 27.6 Å². The van der Waals surface area contributed by atoms with Crippen molar-refractivity contribution >= 4 is 43.0 Å². The zero-order valence-corrected chi connectivity index (χ0v) is 16.7. The van der Waals surface area contributed by atoms with E-state index in [4.69, 9.17) is 0 Å². The van der Waals surface area contributed by atoms with E-state index in [1.807, 2.05) is 12.1 Å². The maximum atomic E-state index is 12.4. The first-order valence-corrected chi connectivity index (χ1v) is 11.4. The number of amides is 1. The molecule has 1 amide bonds. The lowest BCUT2D eigenvalue weighted by molar-refractivity contribution is 0.0954. The molecule has 2 N–H and O–H groups in total. The van der Waals surface area contributed by atoms with E-state index >= 15 is 0 Å². The lowest BCUT2D eigenvalue weighted by atomic mass is 10.1. The van der Waals surface area contributed by atoms with Crippen molar-refractivity contribution in [3.63, 3.8) is 0 Å². The number of rotatable bonds is 8. The Bertz CT molecular complexity index is 1040. The fraction of sp³-hybridized carbons (Fsp3) is 0.250. The van der Waals surface area contributed by atoms with Crippen LogP contribution >= 0.6 is 11.3 Å². The van der Waals surface area contributed by atoms with Crippen molar-refractivity contribution in [3.05, 3.63) is 65.0 Å². The van der Waals surface area contributed by atoms with Crippen LogP contribution in [0.25, 0.3) is 10.1 Å². The molecule has 1 aromatic heterocycles. The molecule has 7 heteroatoms. The normalized spacial score (nSPS) is 11.4. The zero-order valence-electron chi connectivity index (χ0n) is 15.1. The number of benzene rings is 2. The molecule has 0 unspecified atom stereocenters. The third kappa shape index (κ3) is 5.08. The van der Waals surface area contributed by atoms with Crippen molar-refractivity contribution < 1.29 is 13.2 Å². The highest BCUT2D eigenvalue weighted by molar-refractivity contribution is 7.92. The number of nitrogens with one attached hydrogen (secondary N) is 2. The van der Waals surface area contributed by atoms with Gasteiger partial charge in [0, 0.05) is 22.5 Å². The molecule has 5 nitrogen and oxygen atoms in total. The summed E-state index contributed by atoms with van der Waals surface area (Å²) in [6.07, 6.45) is 1.28. The van der Waals surface area contributed by atoms with Gasteiger partial charge in [-0.25, -0.2) is 8.42 Å². The molecule has 3 aromatic rings. The van der Waals surface area contributed by atoms with Crippen LogP contribution in [0.2, 0.25) is 0 Å². The summed E-state index contributed by atoms with van der Waals surface area (Å²) in [6.45, 7) is 2.32. The van der Waals surface area contributed by atoms with Crippen molar-refractivity contribution in [2.45, 2.75) is 19.8 Å². The molecule has 142 valence electrons. The Morgan fingerprint density at radius 3 is 2.74 bits per heavy atom. The fourth-order valence-electron chi connectivity index (χ4n) is 2.86. The predicted molar refractivity (Wildman–Crippen MR) is 112 cm³/mol. The van der Waals surface area contributed by atoms with Crippen LogP contribution in [0, 0.1) is 0 Å². The Morgan fingerprint density at radius 2 is 1.93 bits per heavy atom. The maximum absolute atomic E-state index is 12.4. The SMILES string of the molecule is CCCS(=O)(=O)Nc1cccc(C(=O)NCCc2csc3ccccc23)c1. The zero-order chi connectivity index (χ0) is 19.3. The molecular weight excluding hydrogens is 380 g/mol. The third-order valence-corrected chi connectivity index (χ3v) is 6.62. The first-order chi connectivity index (χ1) is 13.0. The van der Waals surface area contributed by atoms with Gasteiger partial charge in [0.2, 0.25) is 10.0 Å². The van der Waals surface area contributed by atoms with Gasteiger partial charge in [-0.3, -0.25) is 9.52 Å². The van der Waals surface area contributed by atoms with E-state index in [1.165, 1.54) is 15.6 Å². The molecule has 27 heavy (non-hydrogen) atoms. The number of carbonyl (C=O) groups is 1. The third-order valence-electron chi connectivity index (χ3n) is 4.11. The molecule has 0 aliphatic heterocycles. The molecule has 0 saturated heterocycles. The predicted octanol–water partition coefficient (Wildman–Crippen LogP) is 4.03. The Kier molecular flexibility index (Phi) is 6.13. The molecule has 0 radical (unpaired) electrons. The van der Waals surface area contributed by atoms with Gasteiger partial charge in [0.25, 0.3) is 5.91 Å². The van der Waals surface area contributed by atoms with Crippen molar-refractivity contribution in [3.8, 4) is 0 Å². The van der Waals surface area contributed by atoms with Crippen molar-refractivity contribution in [1.29, 1.82) is 0 Å². The van der Waals surface area contributed by atoms with Crippen LogP contribution < -0.4 is 10.0 Å². The monoisotopic (exact) mass is 402 g/mol. The Labute approximate surface area is 163 Å². The van der Waals surface area contributed by atoms with Gasteiger partial charge < -0.3 is 5.32 Å². The highest BCUT2D eigenvalue weighted by Gasteiger charge is 2.11. The lowest BCUT2D eigenvalue weighted by Gasteiger charge is -2.09. The van der Waals surface area contributed by atoms with Gasteiger partial charge in [-0.1, -0.05) is 31.2 Å². The summed E-state index contributed by atoms with van der Waals surface area (Å²) < 4.78 is 27.5. The van der Waals surface area contributed by atoms with E-state index in [9.17, 15) is 13.2 Å². The van der Waals surface area contributed by atoms with E-state index in [1.54, 1.807) is 42.5 Å². The molecule has 0 bridgehead atoms. The van der Waals surface area contributed by atoms with Crippen LogP contribution in [0.4, 0.5) is 5.69 Å². The number of carbonyl (C=O) groups excluding carboxylic acids is 1. The van der Waals surface area contributed by atoms with Gasteiger partial charge in [-0.2, -0.15) is 0 Å². The molecule has 0 atom stereocenters. The Hall–Kier alpha value is -2.38. The molecular formula is C20H22N2O3S2. The van der Waals surface area contributed by atoms with Gasteiger partial charge in [0.05, 0.1) is 5.75 Å². The largest absolute Gasteiger partial charge is 0.352 e. The first-order valence-electron chi connectivity index (χ1n) is 8.82. The molecule has 2 aromatic carbocycles. The molecule has 1 heterocycles. The lowest BCUT2D eigenvalue weighted by Crippen LogP contribution is -2.25. The van der Waals surface area contributed by atoms with Crippen LogP contribution in [0.15, 0.2) is 53.9 Å². The number of thiophene rings is 1. The quantitative estimate of drug-likeness (QED) is 0.597. The minimum absolute atomic E-state index is 0.0536. The summed E-state index contributed by atoms with van der Waals surface area (Å²) in [4.78, 5) is 12.4. The average molecular weight is 403 g/mol. The smallest absolute Gasteiger partial charge is 0.251 e. The van der Waals surface area contributed by atoms with Crippen LogP contribution in [0.3, 0.4) is 0 Å². The first kappa shape index (κ1) is 19.4. The molecule has 0 aliphatic carbocycles. The summed E-state index contributed by atoms with van der Waals surface area (Å²) in [5.74, 6) is -0.163. The van der Waals surface area contributed by atoms with Crippen molar-refractivity contribution in [2.24, 2.45) is 0 Å². The van der Waals surface area contributed by atoms with Crippen LogP contribution in [-0.4, -0.2) is 26.6 Å². The summed E-state index contributed by atoms with van der Waals surface area (Å²) in [7, 11) is -3.38. The minimum Gasteiger partial charge on any atom is -0.352 e. The standard InChI is InChI=1S/C20H22N2O3S2/c1-2-12-27(24,25)22-17-7-5-6-15(13-17)20(23)21-11-10-16-14-26-19-9-4-3-8-18(16)19/h3-9,13-14,22H,2,10-12H2,1H3,(H,21,23). The number of fused-ring (bicyclic) bond motifs is 1. The number of anilines is 1. The molecule has 0 aliphatic rings. The highest BCUT2D eigenvalue weighted by Crippen LogP contribution is 2.25. The number of sulfonamides is 1. The minimum atomic E-state index is -3.38. The van der Waals surface area contributed by atoms with Crippen LogP contribution in [-0.2, 0) is 16.4 Å². The highest BCUT2D eigenvalue weighted by atomic mass is 32.2. The Balaban J connectivity index is 1.60. The van der Waals surface area contributed by atoms with E-state index in [0.717, 1.165) is 6.42 Å². The number of hydrogen-bond acceptors (Lipinski definition) is 4. The summed E-state index contributed by atoms with van der Waals surface area (Å²) in [5, 5.41) is 6.26. The molecule has 0 spiro atoms. The van der Waals surface area contributed by atoms with E-state index < -0.39 is 10.0 Å². The van der Waals surface area contributed by atoms with Gasteiger partial charge >= 0.3 is 0 Å². The maximum Gasteiger partial charge on any atom is 0.251 e. The summed E-state index contributed by atoms with van der Waals surface area (Å²) in [5.41, 5.74) is 2.05. The van der Waals surface area contributed by atoms with Crippen LogP contribution in [0.1, 0.15) is 29.3 Å².